The van der Waals surface area contributed by atoms with Crippen molar-refractivity contribution < 1.29 is 24.1 Å². The van der Waals surface area contributed by atoms with E-state index in [0.29, 0.717) is 11.5 Å². The Kier molecular flexibility index (Phi) is 9.29. The molecule has 13 rings (SSSR count). The first kappa shape index (κ1) is 39.0. The number of benzene rings is 8. The van der Waals surface area contributed by atoms with E-state index < -0.39 is 0 Å². The summed E-state index contributed by atoms with van der Waals surface area (Å²) in [5.74, 6) is 1.93. The van der Waals surface area contributed by atoms with Crippen molar-refractivity contribution in [2.75, 3.05) is 0 Å². The maximum atomic E-state index is 6.71. The van der Waals surface area contributed by atoms with E-state index in [-0.39, 0.29) is 0 Å². The Hall–Kier alpha value is -8.38. The number of para-hydroxylation sites is 5. The fraction of sp³-hybridized carbons (Fsp3) is 0. The van der Waals surface area contributed by atoms with Gasteiger partial charge in [0.05, 0.1) is 17.4 Å². The Morgan fingerprint density at radius 1 is 0.418 bits per heavy atom. The van der Waals surface area contributed by atoms with E-state index in [1.54, 1.807) is 0 Å². The van der Waals surface area contributed by atoms with Gasteiger partial charge in [-0.2, -0.15) is 0 Å². The Labute approximate surface area is 396 Å². The molecule has 0 unspecified atom stereocenters. The molecular formula is C59H36N6OPt-2. The number of aromatic nitrogens is 6. The van der Waals surface area contributed by atoms with Crippen LogP contribution in [0, 0.1) is 15.9 Å². The number of fused-ring (bicyclic) bond motifs is 7. The van der Waals surface area contributed by atoms with Gasteiger partial charge < -0.3 is 0 Å². The molecule has 0 saturated heterocycles. The fourth-order valence-corrected chi connectivity index (χ4v) is 10.7. The monoisotopic (exact) mass is 1040 g/mol. The molecule has 0 fully saturated rings. The van der Waals surface area contributed by atoms with E-state index in [2.05, 4.69) is 232 Å². The summed E-state index contributed by atoms with van der Waals surface area (Å²) in [6, 6.07) is 79.0. The summed E-state index contributed by atoms with van der Waals surface area (Å²) in [5, 5.41) is 4.43. The third kappa shape index (κ3) is 6.42. The molecule has 13 aromatic rings. The Bertz CT molecular complexity index is 3980. The van der Waals surface area contributed by atoms with Gasteiger partial charge in [-0.25, -0.2) is 4.98 Å². The molecule has 0 aliphatic heterocycles. The first-order chi connectivity index (χ1) is 33.2. The van der Waals surface area contributed by atoms with Crippen molar-refractivity contribution in [3.05, 3.63) is 235 Å². The number of hydrogen-bond donors (Lipinski definition) is 0. The molecule has 8 aromatic carbocycles. The van der Waals surface area contributed by atoms with Crippen molar-refractivity contribution in [1.29, 1.82) is 0 Å². The number of ether oxygens (including phenoxy) is 1. The van der Waals surface area contributed by atoms with Crippen molar-refractivity contribution in [2.45, 2.75) is 0 Å². The molecule has 0 atom stereocenters. The second-order valence-electron chi connectivity index (χ2n) is 16.4. The number of nitrogens with zero attached hydrogens (tertiary/aromatic N) is 6. The number of hydrogen-bond acceptors (Lipinski definition) is 3. The fourth-order valence-electron chi connectivity index (χ4n) is 9.66. The standard InChI is InChI=1S/C59H36N6O.Pt/c1-3-16-40(17-4-1)46-24-14-25-47(41-18-5-2-6-19-41)58(46)63-39-62(54-29-11-12-30-55(54)63)42-20-13-21-44(36-42)66-45-32-33-50-48-22-7-10-28-53(48)65(56(50)37-45)57-34-31-43(38-61-57)64-52-27-9-8-23-49(52)51-26-15-35-60-59(51)64;/h1-35,38H;/q-2;. The summed E-state index contributed by atoms with van der Waals surface area (Å²) in [4.78, 5) is 9.87. The zero-order valence-corrected chi connectivity index (χ0v) is 38.0. The van der Waals surface area contributed by atoms with Gasteiger partial charge in [0.1, 0.15) is 5.65 Å². The van der Waals surface area contributed by atoms with Gasteiger partial charge in [0, 0.05) is 17.0 Å². The van der Waals surface area contributed by atoms with Crippen LogP contribution in [-0.2, 0) is 19.4 Å². The zero-order valence-electron chi connectivity index (χ0n) is 35.7. The molecule has 0 bridgehead atoms. The molecule has 7 nitrogen and oxygen atoms in total. The quantitative estimate of drug-likeness (QED) is 0.143. The van der Waals surface area contributed by atoms with Crippen molar-refractivity contribution in [1.82, 2.24) is 28.2 Å². The van der Waals surface area contributed by atoms with Gasteiger partial charge in [-0.05, 0) is 24.3 Å². The molecular weight excluding hydrogens is 1000 g/mol. The Morgan fingerprint density at radius 3 is 1.72 bits per heavy atom. The molecule has 0 spiro atoms. The molecule has 5 heterocycles. The van der Waals surface area contributed by atoms with Crippen LogP contribution in [0.25, 0.3) is 99.9 Å². The van der Waals surface area contributed by atoms with Gasteiger partial charge >= 0.3 is 294 Å². The summed E-state index contributed by atoms with van der Waals surface area (Å²) in [5.41, 5.74) is 13.5. The normalized spacial score (nSPS) is 11.7. The molecule has 0 amide bonds. The average Bonchev–Trinajstić information content (AvgIpc) is 4.01. The van der Waals surface area contributed by atoms with Crippen molar-refractivity contribution in [3.8, 4) is 56.6 Å². The van der Waals surface area contributed by atoms with Crippen LogP contribution >= 0.6 is 0 Å². The van der Waals surface area contributed by atoms with Crippen LogP contribution in [0.3, 0.4) is 0 Å². The predicted molar refractivity (Wildman–Crippen MR) is 265 cm³/mol. The van der Waals surface area contributed by atoms with Gasteiger partial charge in [-0.15, -0.1) is 0 Å². The average molecular weight is 1040 g/mol. The first-order valence-electron chi connectivity index (χ1n) is 22.1. The summed E-state index contributed by atoms with van der Waals surface area (Å²) in [6.07, 6.45) is 3.77. The third-order valence-corrected chi connectivity index (χ3v) is 13.6. The van der Waals surface area contributed by atoms with Crippen LogP contribution in [0.15, 0.2) is 219 Å². The summed E-state index contributed by atoms with van der Waals surface area (Å²) >= 11 is 2.47. The van der Waals surface area contributed by atoms with Gasteiger partial charge in [-0.1, -0.05) is 30.3 Å². The van der Waals surface area contributed by atoms with Crippen LogP contribution in [0.4, 0.5) is 0 Å². The van der Waals surface area contributed by atoms with E-state index in [0.717, 1.165) is 104 Å². The van der Waals surface area contributed by atoms with Crippen LogP contribution in [0.5, 0.6) is 11.5 Å². The number of pyridine rings is 2. The summed E-state index contributed by atoms with van der Waals surface area (Å²) in [6.45, 7) is 0. The zero-order chi connectivity index (χ0) is 44.4. The molecule has 0 N–H and O–H groups in total. The molecule has 0 saturated carbocycles. The van der Waals surface area contributed by atoms with Crippen LogP contribution in [0.1, 0.15) is 0 Å². The van der Waals surface area contributed by atoms with Crippen molar-refractivity contribution in [3.63, 3.8) is 0 Å². The molecule has 0 radical (unpaired) electrons. The second-order valence-corrected chi connectivity index (χ2v) is 17.4. The van der Waals surface area contributed by atoms with Gasteiger partial charge in [0.25, 0.3) is 0 Å². The molecule has 0 aliphatic rings. The second kappa shape index (κ2) is 15.9. The van der Waals surface area contributed by atoms with E-state index in [1.165, 1.54) is 0 Å². The summed E-state index contributed by atoms with van der Waals surface area (Å²) < 4.78 is 16.7. The first-order valence-corrected chi connectivity index (χ1v) is 23.2. The molecule has 67 heavy (non-hydrogen) atoms. The maximum absolute atomic E-state index is 6.71. The Balaban J connectivity index is 0.906. The SMILES string of the molecule is [Pt]=[c]1n(-c2[c-]c(Oc3[c-]c4c(cc3)c3ccccc3n4-c3ccc(-n4c5ccccc5c5cccnc54)cn3)ccc2)c2ccccc2n1-c1c(-c2ccccc2)cccc1-c1ccccc1. The van der Waals surface area contributed by atoms with Crippen LogP contribution in [0.2, 0.25) is 0 Å². The van der Waals surface area contributed by atoms with Crippen molar-refractivity contribution >= 4 is 54.8 Å². The van der Waals surface area contributed by atoms with Gasteiger partial charge in [0.15, 0.2) is 0 Å². The minimum atomic E-state index is 0.574. The predicted octanol–water partition coefficient (Wildman–Crippen LogP) is 14.2. The topological polar surface area (TPSA) is 54.7 Å². The van der Waals surface area contributed by atoms with E-state index >= 15 is 0 Å². The number of rotatable bonds is 8. The Morgan fingerprint density at radius 2 is 1.01 bits per heavy atom. The van der Waals surface area contributed by atoms with Crippen molar-refractivity contribution in [2.24, 2.45) is 0 Å². The minimum absolute atomic E-state index is 0.574. The van der Waals surface area contributed by atoms with E-state index in [4.69, 9.17) is 14.7 Å². The molecule has 0 aliphatic carbocycles. The molecule has 5 aromatic heterocycles. The number of imidazole rings is 1. The van der Waals surface area contributed by atoms with Gasteiger partial charge in [-0.3, -0.25) is 4.57 Å². The third-order valence-electron chi connectivity index (χ3n) is 12.6. The van der Waals surface area contributed by atoms with Crippen LogP contribution < -0.4 is 4.74 Å². The van der Waals surface area contributed by atoms with Crippen LogP contribution in [-0.4, -0.2) is 28.2 Å². The molecule has 8 heteroatoms. The summed E-state index contributed by atoms with van der Waals surface area (Å²) in [7, 11) is 0. The molecule has 320 valence electrons. The van der Waals surface area contributed by atoms with E-state index in [9.17, 15) is 0 Å². The van der Waals surface area contributed by atoms with E-state index in [1.807, 2.05) is 36.7 Å². The van der Waals surface area contributed by atoms with Gasteiger partial charge in [0.2, 0.25) is 0 Å².